The Hall–Kier alpha value is -0.670. The molecule has 1 aromatic carbocycles. The molecule has 1 aromatic rings. The van der Waals surface area contributed by atoms with Crippen LogP contribution in [0.1, 0.15) is 37.6 Å². The summed E-state index contributed by atoms with van der Waals surface area (Å²) in [6.45, 7) is 6.47. The standard InChI is InChI=1S/C14H19BrO2/c1-10(2)8-11(3)17-9-14(16)12-4-6-13(15)7-5-12/h4-7,10-11H,8-9H2,1-3H3. The lowest BCUT2D eigenvalue weighted by Crippen LogP contribution is -2.17. The molecule has 0 radical (unpaired) electrons. The van der Waals surface area contributed by atoms with Gasteiger partial charge >= 0.3 is 0 Å². The maximum absolute atomic E-state index is 11.8. The number of benzene rings is 1. The van der Waals surface area contributed by atoms with Crippen LogP contribution in [-0.4, -0.2) is 18.5 Å². The summed E-state index contributed by atoms with van der Waals surface area (Å²) >= 11 is 3.34. The number of ether oxygens (including phenoxy) is 1. The Kier molecular flexibility index (Phi) is 5.86. The molecule has 0 saturated heterocycles. The van der Waals surface area contributed by atoms with Gasteiger partial charge in [-0.2, -0.15) is 0 Å². The second-order valence-electron chi connectivity index (χ2n) is 4.68. The lowest BCUT2D eigenvalue weighted by molar-refractivity contribution is 0.0445. The van der Waals surface area contributed by atoms with Crippen molar-refractivity contribution in [2.75, 3.05) is 6.61 Å². The molecule has 1 rings (SSSR count). The van der Waals surface area contributed by atoms with Gasteiger partial charge in [0.2, 0.25) is 0 Å². The molecule has 2 nitrogen and oxygen atoms in total. The Morgan fingerprint density at radius 2 is 1.82 bits per heavy atom. The van der Waals surface area contributed by atoms with E-state index in [1.165, 1.54) is 0 Å². The van der Waals surface area contributed by atoms with Gasteiger partial charge in [-0.15, -0.1) is 0 Å². The summed E-state index contributed by atoms with van der Waals surface area (Å²) in [4.78, 5) is 11.8. The van der Waals surface area contributed by atoms with Crippen LogP contribution in [0.15, 0.2) is 28.7 Å². The van der Waals surface area contributed by atoms with E-state index in [1.54, 1.807) is 0 Å². The molecule has 0 fully saturated rings. The molecule has 0 aliphatic heterocycles. The molecule has 1 atom stereocenters. The van der Waals surface area contributed by atoms with Gasteiger partial charge in [-0.05, 0) is 31.4 Å². The molecule has 0 spiro atoms. The Morgan fingerprint density at radius 1 is 1.24 bits per heavy atom. The summed E-state index contributed by atoms with van der Waals surface area (Å²) in [6.07, 6.45) is 1.11. The summed E-state index contributed by atoms with van der Waals surface area (Å²) in [5.74, 6) is 0.626. The van der Waals surface area contributed by atoms with Crippen LogP contribution in [0, 0.1) is 5.92 Å². The molecular weight excluding hydrogens is 280 g/mol. The topological polar surface area (TPSA) is 26.3 Å². The van der Waals surface area contributed by atoms with Crippen molar-refractivity contribution in [3.8, 4) is 0 Å². The zero-order valence-electron chi connectivity index (χ0n) is 10.6. The van der Waals surface area contributed by atoms with Gasteiger partial charge in [-0.1, -0.05) is 41.9 Å². The first-order valence-electron chi connectivity index (χ1n) is 5.89. The van der Waals surface area contributed by atoms with Crippen molar-refractivity contribution < 1.29 is 9.53 Å². The monoisotopic (exact) mass is 298 g/mol. The van der Waals surface area contributed by atoms with Gasteiger partial charge < -0.3 is 4.74 Å². The Labute approximate surface area is 111 Å². The number of carbonyl (C=O) groups excluding carboxylic acids is 1. The predicted octanol–water partition coefficient (Wildman–Crippen LogP) is 4.08. The number of hydrogen-bond acceptors (Lipinski definition) is 2. The third-order valence-corrected chi connectivity index (χ3v) is 3.00. The van der Waals surface area contributed by atoms with E-state index in [4.69, 9.17) is 4.74 Å². The van der Waals surface area contributed by atoms with Gasteiger partial charge in [0.05, 0.1) is 6.10 Å². The second-order valence-corrected chi connectivity index (χ2v) is 5.60. The van der Waals surface area contributed by atoms with Crippen LogP contribution in [0.3, 0.4) is 0 Å². The minimum Gasteiger partial charge on any atom is -0.370 e. The molecule has 0 bridgehead atoms. The van der Waals surface area contributed by atoms with Gasteiger partial charge in [-0.3, -0.25) is 4.79 Å². The van der Waals surface area contributed by atoms with Crippen molar-refractivity contribution in [3.63, 3.8) is 0 Å². The first-order valence-corrected chi connectivity index (χ1v) is 6.68. The number of carbonyl (C=O) groups is 1. The predicted molar refractivity (Wildman–Crippen MR) is 73.3 cm³/mol. The zero-order valence-corrected chi connectivity index (χ0v) is 12.2. The molecular formula is C14H19BrO2. The average Bonchev–Trinajstić information content (AvgIpc) is 2.26. The molecule has 94 valence electrons. The SMILES string of the molecule is CC(C)CC(C)OCC(=O)c1ccc(Br)cc1. The molecule has 0 N–H and O–H groups in total. The van der Waals surface area contributed by atoms with Crippen molar-refractivity contribution >= 4 is 21.7 Å². The Morgan fingerprint density at radius 3 is 2.35 bits per heavy atom. The summed E-state index contributed by atoms with van der Waals surface area (Å²) in [5.41, 5.74) is 0.699. The van der Waals surface area contributed by atoms with Gasteiger partial charge in [-0.25, -0.2) is 0 Å². The Bertz CT molecular complexity index is 357. The molecule has 0 heterocycles. The van der Waals surface area contributed by atoms with Crippen LogP contribution in [0.25, 0.3) is 0 Å². The maximum Gasteiger partial charge on any atom is 0.188 e. The van der Waals surface area contributed by atoms with Crippen LogP contribution in [0.5, 0.6) is 0 Å². The quantitative estimate of drug-likeness (QED) is 0.740. The number of Topliss-reactive ketones (excluding diaryl/α,β-unsaturated/α-hetero) is 1. The summed E-state index contributed by atoms with van der Waals surface area (Å²) in [5, 5.41) is 0. The van der Waals surface area contributed by atoms with Gasteiger partial charge in [0.1, 0.15) is 6.61 Å². The number of hydrogen-bond donors (Lipinski definition) is 0. The number of halogens is 1. The van der Waals surface area contributed by atoms with Crippen LogP contribution < -0.4 is 0 Å². The van der Waals surface area contributed by atoms with Crippen molar-refractivity contribution in [1.29, 1.82) is 0 Å². The van der Waals surface area contributed by atoms with E-state index < -0.39 is 0 Å². The van der Waals surface area contributed by atoms with Gasteiger partial charge in [0.25, 0.3) is 0 Å². The molecule has 1 unspecified atom stereocenters. The molecule has 0 saturated carbocycles. The van der Waals surface area contributed by atoms with E-state index in [9.17, 15) is 4.79 Å². The van der Waals surface area contributed by atoms with E-state index in [0.717, 1.165) is 10.9 Å². The van der Waals surface area contributed by atoms with E-state index in [1.807, 2.05) is 31.2 Å². The smallest absolute Gasteiger partial charge is 0.188 e. The highest BCUT2D eigenvalue weighted by molar-refractivity contribution is 9.10. The normalized spacial score (nSPS) is 12.8. The van der Waals surface area contributed by atoms with E-state index in [-0.39, 0.29) is 18.5 Å². The molecule has 3 heteroatoms. The highest BCUT2D eigenvalue weighted by Crippen LogP contribution is 2.12. The number of rotatable bonds is 6. The van der Waals surface area contributed by atoms with Crippen molar-refractivity contribution in [2.45, 2.75) is 33.3 Å². The molecule has 17 heavy (non-hydrogen) atoms. The molecule has 0 amide bonds. The fourth-order valence-corrected chi connectivity index (χ4v) is 1.93. The first-order chi connectivity index (χ1) is 7.99. The van der Waals surface area contributed by atoms with E-state index in [0.29, 0.717) is 11.5 Å². The average molecular weight is 299 g/mol. The third-order valence-electron chi connectivity index (χ3n) is 2.47. The van der Waals surface area contributed by atoms with E-state index >= 15 is 0 Å². The fourth-order valence-electron chi connectivity index (χ4n) is 1.67. The highest BCUT2D eigenvalue weighted by atomic mass is 79.9. The van der Waals surface area contributed by atoms with Gasteiger partial charge in [0.15, 0.2) is 5.78 Å². The molecule has 0 aliphatic rings. The number of ketones is 1. The van der Waals surface area contributed by atoms with Crippen LogP contribution in [0.4, 0.5) is 0 Å². The highest BCUT2D eigenvalue weighted by Gasteiger charge is 2.10. The summed E-state index contributed by atoms with van der Waals surface area (Å²) in [7, 11) is 0. The van der Waals surface area contributed by atoms with Crippen LogP contribution in [-0.2, 0) is 4.74 Å². The lowest BCUT2D eigenvalue weighted by Gasteiger charge is -2.14. The van der Waals surface area contributed by atoms with Crippen molar-refractivity contribution in [3.05, 3.63) is 34.3 Å². The maximum atomic E-state index is 11.8. The van der Waals surface area contributed by atoms with Crippen molar-refractivity contribution in [2.24, 2.45) is 5.92 Å². The third kappa shape index (κ3) is 5.46. The largest absolute Gasteiger partial charge is 0.370 e. The molecule has 0 aromatic heterocycles. The minimum atomic E-state index is 0.0353. The van der Waals surface area contributed by atoms with Crippen LogP contribution >= 0.6 is 15.9 Å². The lowest BCUT2D eigenvalue weighted by atomic mass is 10.1. The van der Waals surface area contributed by atoms with Crippen molar-refractivity contribution in [1.82, 2.24) is 0 Å². The summed E-state index contributed by atoms with van der Waals surface area (Å²) in [6, 6.07) is 7.35. The second kappa shape index (κ2) is 6.92. The van der Waals surface area contributed by atoms with Crippen LogP contribution in [0.2, 0.25) is 0 Å². The summed E-state index contributed by atoms with van der Waals surface area (Å²) < 4.78 is 6.51. The first kappa shape index (κ1) is 14.4. The van der Waals surface area contributed by atoms with E-state index in [2.05, 4.69) is 29.8 Å². The zero-order chi connectivity index (χ0) is 12.8. The van der Waals surface area contributed by atoms with Gasteiger partial charge in [0, 0.05) is 10.0 Å². The molecule has 0 aliphatic carbocycles. The minimum absolute atomic E-state index is 0.0353. The Balaban J connectivity index is 2.42. The fraction of sp³-hybridized carbons (Fsp3) is 0.500.